The van der Waals surface area contributed by atoms with E-state index in [1.165, 1.54) is 96.3 Å². The van der Waals surface area contributed by atoms with Crippen molar-refractivity contribution in [2.45, 2.75) is 226 Å². The number of ether oxygens (including phenoxy) is 3. The van der Waals surface area contributed by atoms with Gasteiger partial charge in [0.15, 0.2) is 6.10 Å². The van der Waals surface area contributed by atoms with Gasteiger partial charge < -0.3 is 14.2 Å². The van der Waals surface area contributed by atoms with E-state index < -0.39 is 6.10 Å². The minimum absolute atomic E-state index is 0.115. The van der Waals surface area contributed by atoms with Crippen LogP contribution in [0.3, 0.4) is 0 Å². The summed E-state index contributed by atoms with van der Waals surface area (Å²) < 4.78 is 16.7. The molecule has 0 amide bonds. The van der Waals surface area contributed by atoms with Gasteiger partial charge in [0.25, 0.3) is 0 Å². The molecule has 0 aromatic carbocycles. The quantitative estimate of drug-likeness (QED) is 0.0200. The zero-order valence-corrected chi connectivity index (χ0v) is 38.9. The molecule has 6 nitrogen and oxygen atoms in total. The van der Waals surface area contributed by atoms with Crippen molar-refractivity contribution in [2.24, 2.45) is 0 Å². The maximum absolute atomic E-state index is 12.7. The molecule has 0 saturated heterocycles. The molecular weight excluding hydrogens is 745 g/mol. The highest BCUT2D eigenvalue weighted by molar-refractivity contribution is 5.71. The summed E-state index contributed by atoms with van der Waals surface area (Å²) in [4.78, 5) is 37.8. The van der Waals surface area contributed by atoms with Crippen LogP contribution in [-0.4, -0.2) is 37.2 Å². The molecule has 0 aliphatic carbocycles. The second-order valence-electron chi connectivity index (χ2n) is 16.1. The van der Waals surface area contributed by atoms with Crippen LogP contribution in [0.25, 0.3) is 0 Å². The molecule has 0 saturated carbocycles. The van der Waals surface area contributed by atoms with Crippen LogP contribution in [0.15, 0.2) is 85.1 Å². The Morgan fingerprint density at radius 1 is 0.367 bits per heavy atom. The Bertz CT molecular complexity index is 1190. The van der Waals surface area contributed by atoms with Gasteiger partial charge in [-0.15, -0.1) is 0 Å². The van der Waals surface area contributed by atoms with E-state index in [9.17, 15) is 14.4 Å². The lowest BCUT2D eigenvalue weighted by Crippen LogP contribution is -2.30. The van der Waals surface area contributed by atoms with Crippen LogP contribution in [0.4, 0.5) is 0 Å². The molecule has 342 valence electrons. The van der Waals surface area contributed by atoms with E-state index >= 15 is 0 Å². The first kappa shape index (κ1) is 56.6. The molecular formula is C54H90O6. The summed E-state index contributed by atoms with van der Waals surface area (Å²) in [6.07, 6.45) is 61.5. The number of allylic oxidation sites excluding steroid dienone is 14. The van der Waals surface area contributed by atoms with E-state index in [-0.39, 0.29) is 44.0 Å². The van der Waals surface area contributed by atoms with Gasteiger partial charge in [-0.1, -0.05) is 202 Å². The predicted molar refractivity (Wildman–Crippen MR) is 256 cm³/mol. The lowest BCUT2D eigenvalue weighted by molar-refractivity contribution is -0.166. The van der Waals surface area contributed by atoms with Gasteiger partial charge in [-0.2, -0.15) is 0 Å². The van der Waals surface area contributed by atoms with Crippen LogP contribution in [0.5, 0.6) is 0 Å². The molecule has 0 aliphatic heterocycles. The Balaban J connectivity index is 4.51. The highest BCUT2D eigenvalue weighted by Crippen LogP contribution is 2.13. The fraction of sp³-hybridized carbons (Fsp3) is 0.685. The van der Waals surface area contributed by atoms with Gasteiger partial charge in [0.05, 0.1) is 0 Å². The Morgan fingerprint density at radius 2 is 0.750 bits per heavy atom. The Morgan fingerprint density at radius 3 is 1.28 bits per heavy atom. The van der Waals surface area contributed by atoms with Crippen LogP contribution in [0.2, 0.25) is 0 Å². The fourth-order valence-electron chi connectivity index (χ4n) is 6.50. The van der Waals surface area contributed by atoms with E-state index in [0.29, 0.717) is 19.3 Å². The molecule has 0 aliphatic rings. The molecule has 60 heavy (non-hydrogen) atoms. The molecule has 0 N–H and O–H groups in total. The highest BCUT2D eigenvalue weighted by Gasteiger charge is 2.19. The van der Waals surface area contributed by atoms with Gasteiger partial charge in [0.2, 0.25) is 0 Å². The number of rotatable bonds is 43. The Labute approximate surface area is 369 Å². The van der Waals surface area contributed by atoms with Crippen molar-refractivity contribution in [3.8, 4) is 0 Å². The summed E-state index contributed by atoms with van der Waals surface area (Å²) in [6.45, 7) is 6.38. The summed E-state index contributed by atoms with van der Waals surface area (Å²) in [6, 6.07) is 0. The van der Waals surface area contributed by atoms with Crippen molar-refractivity contribution in [2.75, 3.05) is 13.2 Å². The maximum Gasteiger partial charge on any atom is 0.306 e. The summed E-state index contributed by atoms with van der Waals surface area (Å²) in [7, 11) is 0. The monoisotopic (exact) mass is 835 g/mol. The first-order valence-electron chi connectivity index (χ1n) is 24.6. The summed E-state index contributed by atoms with van der Waals surface area (Å²) in [5.41, 5.74) is 0. The largest absolute Gasteiger partial charge is 0.462 e. The van der Waals surface area contributed by atoms with E-state index in [4.69, 9.17) is 14.2 Å². The standard InChI is InChI=1S/C54H90O6/c1-4-7-10-13-16-19-22-25-26-27-30-32-35-38-41-44-47-53(56)59-50-51(60-54(57)48-45-42-39-36-33-29-24-21-18-15-12-9-6-3)49-58-52(55)46-43-40-37-34-31-28-23-20-17-14-11-8-5-2/h9,12,15,18,21,24,26-29,31,33,37,40,51H,4-8,10-11,13-14,16-17,19-20,22-23,25,30,32,34-36,38-39,41-50H2,1-3H3/b12-9+,18-15+,24-21+,27-26+,31-28+,33-29+,40-37+. The molecule has 0 rings (SSSR count). The fourth-order valence-corrected chi connectivity index (χ4v) is 6.50. The first-order valence-corrected chi connectivity index (χ1v) is 24.6. The van der Waals surface area contributed by atoms with Crippen molar-refractivity contribution in [3.63, 3.8) is 0 Å². The molecule has 0 aromatic rings. The molecule has 6 heteroatoms. The SMILES string of the molecule is CC/C=C/C=C/C=C/C=C/CCCCCC(=O)OC(COC(=O)CC/C=C/C/C=C/CCCCCCCC)COC(=O)CCCCCCC/C=C/CCCCCCCCC. The van der Waals surface area contributed by atoms with E-state index in [1.54, 1.807) is 0 Å². The number of esters is 3. The Kier molecular flexibility index (Phi) is 45.5. The lowest BCUT2D eigenvalue weighted by Gasteiger charge is -2.18. The van der Waals surface area contributed by atoms with Gasteiger partial charge >= 0.3 is 17.9 Å². The highest BCUT2D eigenvalue weighted by atomic mass is 16.6. The number of hydrogen-bond donors (Lipinski definition) is 0. The lowest BCUT2D eigenvalue weighted by atomic mass is 10.1. The molecule has 0 fully saturated rings. The normalized spacial score (nSPS) is 12.8. The average Bonchev–Trinajstić information content (AvgIpc) is 3.24. The first-order chi connectivity index (χ1) is 29.5. The molecule has 0 bridgehead atoms. The minimum Gasteiger partial charge on any atom is -0.462 e. The van der Waals surface area contributed by atoms with E-state index in [0.717, 1.165) is 70.6 Å². The van der Waals surface area contributed by atoms with Crippen molar-refractivity contribution in [1.82, 2.24) is 0 Å². The second kappa shape index (κ2) is 48.3. The summed E-state index contributed by atoms with van der Waals surface area (Å²) in [5, 5.41) is 0. The number of hydrogen-bond acceptors (Lipinski definition) is 6. The Hall–Kier alpha value is -3.41. The van der Waals surface area contributed by atoms with Gasteiger partial charge in [-0.05, 0) is 83.5 Å². The summed E-state index contributed by atoms with van der Waals surface area (Å²) in [5.74, 6) is -1.04. The summed E-state index contributed by atoms with van der Waals surface area (Å²) >= 11 is 0. The van der Waals surface area contributed by atoms with Crippen LogP contribution in [0.1, 0.15) is 220 Å². The van der Waals surface area contributed by atoms with Crippen LogP contribution in [0, 0.1) is 0 Å². The van der Waals surface area contributed by atoms with Gasteiger partial charge in [-0.3, -0.25) is 14.4 Å². The topological polar surface area (TPSA) is 78.9 Å². The number of carbonyl (C=O) groups is 3. The molecule has 1 unspecified atom stereocenters. The van der Waals surface area contributed by atoms with Crippen LogP contribution in [-0.2, 0) is 28.6 Å². The molecule has 0 spiro atoms. The van der Waals surface area contributed by atoms with Gasteiger partial charge in [0.1, 0.15) is 13.2 Å². The van der Waals surface area contributed by atoms with Gasteiger partial charge in [0, 0.05) is 19.3 Å². The predicted octanol–water partition coefficient (Wildman–Crippen LogP) is 16.0. The van der Waals surface area contributed by atoms with E-state index in [1.807, 2.05) is 42.5 Å². The molecule has 0 radical (unpaired) electrons. The minimum atomic E-state index is -0.821. The number of unbranched alkanes of at least 4 members (excludes halogenated alkanes) is 21. The van der Waals surface area contributed by atoms with Crippen molar-refractivity contribution in [1.29, 1.82) is 0 Å². The molecule has 0 heterocycles. The second-order valence-corrected chi connectivity index (χ2v) is 16.1. The maximum atomic E-state index is 12.7. The zero-order valence-electron chi connectivity index (χ0n) is 38.9. The molecule has 0 aromatic heterocycles. The zero-order chi connectivity index (χ0) is 43.7. The average molecular weight is 835 g/mol. The van der Waals surface area contributed by atoms with Crippen molar-refractivity contribution < 1.29 is 28.6 Å². The third-order valence-electron chi connectivity index (χ3n) is 10.2. The van der Waals surface area contributed by atoms with Gasteiger partial charge in [-0.25, -0.2) is 0 Å². The van der Waals surface area contributed by atoms with Crippen LogP contribution < -0.4 is 0 Å². The molecule has 1 atom stereocenters. The third-order valence-corrected chi connectivity index (χ3v) is 10.2. The number of carbonyl (C=O) groups excluding carboxylic acids is 3. The van der Waals surface area contributed by atoms with E-state index in [2.05, 4.69) is 63.3 Å². The van der Waals surface area contributed by atoms with Crippen LogP contribution >= 0.6 is 0 Å². The third kappa shape index (κ3) is 45.7. The smallest absolute Gasteiger partial charge is 0.306 e. The van der Waals surface area contributed by atoms with Crippen molar-refractivity contribution in [3.05, 3.63) is 85.1 Å². The van der Waals surface area contributed by atoms with Crippen molar-refractivity contribution >= 4 is 17.9 Å².